The number of aliphatic imine (C=N–C) groups is 2. The molecule has 0 fully saturated rings. The van der Waals surface area contributed by atoms with Gasteiger partial charge in [-0.3, -0.25) is 9.56 Å². The van der Waals surface area contributed by atoms with Crippen LogP contribution in [0, 0.1) is 11.3 Å². The molecule has 4 rings (SSSR count). The zero-order valence-corrected chi connectivity index (χ0v) is 19.7. The monoisotopic (exact) mass is 453 g/mol. The van der Waals surface area contributed by atoms with E-state index < -0.39 is 0 Å². The van der Waals surface area contributed by atoms with Crippen LogP contribution in [0.25, 0.3) is 28.2 Å². The van der Waals surface area contributed by atoms with Gasteiger partial charge in [-0.2, -0.15) is 5.26 Å². The number of nitrogens with zero attached hydrogens (tertiary/aromatic N) is 7. The number of nitrogen functional groups attached to an aromatic ring is 1. The van der Waals surface area contributed by atoms with Crippen molar-refractivity contribution < 1.29 is 0 Å². The highest BCUT2D eigenvalue weighted by molar-refractivity contribution is 6.04. The van der Waals surface area contributed by atoms with Crippen LogP contribution in [0.5, 0.6) is 0 Å². The predicted octanol–water partition coefficient (Wildman–Crippen LogP) is 4.15. The summed E-state index contributed by atoms with van der Waals surface area (Å²) in [7, 11) is 1.63. The SMILES string of the molecule is CC.CN=C(/N=C(\C)C#N)NCc1ccc(-n2c(-c3cccnc3N)nc3cccnc32)cc1. The predicted molar refractivity (Wildman–Crippen MR) is 137 cm³/mol. The van der Waals surface area contributed by atoms with Crippen molar-refractivity contribution in [3.05, 3.63) is 66.5 Å². The second-order valence-electron chi connectivity index (χ2n) is 6.93. The molecule has 9 heteroatoms. The smallest absolute Gasteiger partial charge is 0.218 e. The Morgan fingerprint density at radius 2 is 1.79 bits per heavy atom. The molecule has 0 aliphatic carbocycles. The lowest BCUT2D eigenvalue weighted by Gasteiger charge is -2.11. The van der Waals surface area contributed by atoms with Gasteiger partial charge in [0.1, 0.15) is 23.1 Å². The van der Waals surface area contributed by atoms with Crippen molar-refractivity contribution in [3.63, 3.8) is 0 Å². The summed E-state index contributed by atoms with van der Waals surface area (Å²) < 4.78 is 1.97. The number of fused-ring (bicyclic) bond motifs is 1. The number of imidazole rings is 1. The van der Waals surface area contributed by atoms with E-state index in [1.54, 1.807) is 26.4 Å². The van der Waals surface area contributed by atoms with Crippen molar-refractivity contribution in [1.29, 1.82) is 5.26 Å². The van der Waals surface area contributed by atoms with Crippen LogP contribution in [0.4, 0.5) is 5.82 Å². The fourth-order valence-electron chi connectivity index (χ4n) is 3.24. The third-order valence-corrected chi connectivity index (χ3v) is 4.79. The number of anilines is 1. The molecule has 0 aliphatic heterocycles. The van der Waals surface area contributed by atoms with Gasteiger partial charge < -0.3 is 11.1 Å². The molecule has 0 radical (unpaired) electrons. The quantitative estimate of drug-likeness (QED) is 0.353. The molecule has 3 N–H and O–H groups in total. The van der Waals surface area contributed by atoms with Gasteiger partial charge in [-0.1, -0.05) is 26.0 Å². The lowest BCUT2D eigenvalue weighted by Crippen LogP contribution is -2.22. The zero-order valence-electron chi connectivity index (χ0n) is 19.7. The Morgan fingerprint density at radius 3 is 2.47 bits per heavy atom. The highest BCUT2D eigenvalue weighted by Gasteiger charge is 2.17. The number of hydrogen-bond acceptors (Lipinski definition) is 6. The minimum absolute atomic E-state index is 0.343. The Bertz CT molecular complexity index is 1360. The summed E-state index contributed by atoms with van der Waals surface area (Å²) in [6.45, 7) is 6.15. The molecule has 1 aromatic carbocycles. The summed E-state index contributed by atoms with van der Waals surface area (Å²) in [4.78, 5) is 21.7. The van der Waals surface area contributed by atoms with E-state index in [0.29, 0.717) is 29.9 Å². The van der Waals surface area contributed by atoms with E-state index in [4.69, 9.17) is 16.0 Å². The van der Waals surface area contributed by atoms with Crippen LogP contribution < -0.4 is 11.1 Å². The van der Waals surface area contributed by atoms with Crippen LogP contribution in [0.1, 0.15) is 26.3 Å². The van der Waals surface area contributed by atoms with Gasteiger partial charge in [0.2, 0.25) is 5.96 Å². The number of nitriles is 1. The summed E-state index contributed by atoms with van der Waals surface area (Å²) in [5, 5.41) is 12.0. The maximum absolute atomic E-state index is 8.89. The number of benzene rings is 1. The molecule has 34 heavy (non-hydrogen) atoms. The molecule has 0 atom stereocenters. The summed E-state index contributed by atoms with van der Waals surface area (Å²) in [5.41, 5.74) is 10.7. The first-order valence-corrected chi connectivity index (χ1v) is 10.9. The van der Waals surface area contributed by atoms with Crippen LogP contribution in [0.15, 0.2) is 70.9 Å². The second-order valence-corrected chi connectivity index (χ2v) is 6.93. The highest BCUT2D eigenvalue weighted by Crippen LogP contribution is 2.30. The Hall–Kier alpha value is -4.58. The number of hydrogen-bond donors (Lipinski definition) is 2. The first-order chi connectivity index (χ1) is 16.6. The molecule has 0 spiro atoms. The zero-order chi connectivity index (χ0) is 24.5. The molecule has 0 bridgehead atoms. The lowest BCUT2D eigenvalue weighted by molar-refractivity contribution is 0.899. The number of nitrogens with one attached hydrogen (secondary N) is 1. The first-order valence-electron chi connectivity index (χ1n) is 10.9. The fourth-order valence-corrected chi connectivity index (χ4v) is 3.24. The fraction of sp³-hybridized carbons (Fsp3) is 0.200. The molecule has 0 unspecified atom stereocenters. The van der Waals surface area contributed by atoms with Crippen LogP contribution in [-0.2, 0) is 6.54 Å². The second kappa shape index (κ2) is 11.3. The molecule has 0 saturated heterocycles. The summed E-state index contributed by atoms with van der Waals surface area (Å²) in [6, 6.07) is 17.5. The van der Waals surface area contributed by atoms with E-state index in [0.717, 1.165) is 28.0 Å². The number of guanidine groups is 1. The summed E-state index contributed by atoms with van der Waals surface area (Å²) in [6.07, 6.45) is 3.40. The van der Waals surface area contributed by atoms with Crippen LogP contribution in [-0.4, -0.2) is 38.2 Å². The number of nitrogens with two attached hydrogens (primary N) is 1. The highest BCUT2D eigenvalue weighted by atomic mass is 15.1. The van der Waals surface area contributed by atoms with E-state index in [9.17, 15) is 0 Å². The van der Waals surface area contributed by atoms with Gasteiger partial charge in [0, 0.05) is 31.7 Å². The average Bonchev–Trinajstić information content (AvgIpc) is 3.27. The van der Waals surface area contributed by atoms with E-state index >= 15 is 0 Å². The molecular formula is C25H27N9. The van der Waals surface area contributed by atoms with Crippen LogP contribution in [0.2, 0.25) is 0 Å². The van der Waals surface area contributed by atoms with Gasteiger partial charge in [-0.25, -0.2) is 19.9 Å². The van der Waals surface area contributed by atoms with Crippen molar-refractivity contribution in [1.82, 2.24) is 24.8 Å². The normalized spacial score (nSPS) is 11.5. The van der Waals surface area contributed by atoms with E-state index in [-0.39, 0.29) is 0 Å². The minimum atomic E-state index is 0.343. The molecule has 9 nitrogen and oxygen atoms in total. The van der Waals surface area contributed by atoms with Gasteiger partial charge >= 0.3 is 0 Å². The van der Waals surface area contributed by atoms with E-state index in [2.05, 4.69) is 25.3 Å². The first kappa shape index (κ1) is 24.1. The van der Waals surface area contributed by atoms with Crippen molar-refractivity contribution in [2.45, 2.75) is 27.3 Å². The number of rotatable bonds is 4. The minimum Gasteiger partial charge on any atom is -0.383 e. The third kappa shape index (κ3) is 5.24. The van der Waals surface area contributed by atoms with Crippen LogP contribution in [0.3, 0.4) is 0 Å². The molecule has 0 aliphatic rings. The summed E-state index contributed by atoms with van der Waals surface area (Å²) >= 11 is 0. The molecule has 0 saturated carbocycles. The summed E-state index contributed by atoms with van der Waals surface area (Å²) in [5.74, 6) is 1.49. The topological polar surface area (TPSA) is 130 Å². The molecule has 172 valence electrons. The lowest BCUT2D eigenvalue weighted by atomic mass is 10.2. The Labute approximate surface area is 198 Å². The maximum atomic E-state index is 8.89. The third-order valence-electron chi connectivity index (χ3n) is 4.79. The van der Waals surface area contributed by atoms with Gasteiger partial charge in [-0.05, 0) is 48.9 Å². The molecule has 0 amide bonds. The molecule has 4 aromatic rings. The van der Waals surface area contributed by atoms with Crippen LogP contribution >= 0.6 is 0 Å². The van der Waals surface area contributed by atoms with Gasteiger partial charge in [0.05, 0.1) is 5.56 Å². The largest absolute Gasteiger partial charge is 0.383 e. The van der Waals surface area contributed by atoms with Crippen molar-refractivity contribution in [2.75, 3.05) is 12.8 Å². The Balaban J connectivity index is 0.00000158. The standard InChI is InChI=1S/C23H21N9.C2H6/c1-15(13-24)30-23(26-2)29-14-16-7-9-17(10-8-16)32-21(18-5-3-11-27-20(18)25)31-19-6-4-12-28-22(19)32;1-2/h3-12H,14H2,1-2H3,(H2,25,27)(H,26,29);1-2H3/b30-15+;. The van der Waals surface area contributed by atoms with Crippen molar-refractivity contribution in [3.8, 4) is 23.1 Å². The molecular weight excluding hydrogens is 426 g/mol. The number of aromatic nitrogens is 4. The molecule has 3 aromatic heterocycles. The Morgan fingerprint density at radius 1 is 1.09 bits per heavy atom. The van der Waals surface area contributed by atoms with Crippen molar-refractivity contribution in [2.24, 2.45) is 9.98 Å². The van der Waals surface area contributed by atoms with Gasteiger partial charge in [0.25, 0.3) is 0 Å². The van der Waals surface area contributed by atoms with Crippen molar-refractivity contribution >= 4 is 28.7 Å². The molecule has 3 heterocycles. The number of pyridine rings is 2. The maximum Gasteiger partial charge on any atom is 0.218 e. The van der Waals surface area contributed by atoms with Gasteiger partial charge in [0.15, 0.2) is 11.5 Å². The van der Waals surface area contributed by atoms with E-state index in [1.165, 1.54) is 0 Å². The van der Waals surface area contributed by atoms with Gasteiger partial charge in [-0.15, -0.1) is 0 Å². The Kier molecular flexibility index (Phi) is 8.02. The van der Waals surface area contributed by atoms with E-state index in [1.807, 2.05) is 73.0 Å². The average molecular weight is 454 g/mol.